The van der Waals surface area contributed by atoms with E-state index in [2.05, 4.69) is 39.2 Å². The minimum atomic E-state index is -0.258. The van der Waals surface area contributed by atoms with E-state index in [1.807, 2.05) is 17.6 Å². The average Bonchev–Trinajstić information content (AvgIpc) is 3.43. The number of fused-ring (bicyclic) bond motifs is 3. The van der Waals surface area contributed by atoms with Crippen molar-refractivity contribution in [3.63, 3.8) is 0 Å². The Kier molecular flexibility index (Phi) is 5.26. The number of likely N-dealkylation sites (tertiary alicyclic amines) is 1. The molecule has 2 aromatic carbocycles. The summed E-state index contributed by atoms with van der Waals surface area (Å²) in [7, 11) is 0. The number of thiazole rings is 1. The van der Waals surface area contributed by atoms with Gasteiger partial charge in [0.1, 0.15) is 10.8 Å². The van der Waals surface area contributed by atoms with Gasteiger partial charge in [-0.2, -0.15) is 0 Å². The molecule has 6 heteroatoms. The number of hydrogen-bond acceptors (Lipinski definition) is 5. The molecule has 2 N–H and O–H groups in total. The van der Waals surface area contributed by atoms with Crippen molar-refractivity contribution < 1.29 is 9.50 Å². The van der Waals surface area contributed by atoms with E-state index < -0.39 is 0 Å². The number of aliphatic hydroxyl groups is 1. The van der Waals surface area contributed by atoms with E-state index in [0.717, 1.165) is 41.3 Å². The summed E-state index contributed by atoms with van der Waals surface area (Å²) in [4.78, 5) is 6.94. The molecule has 2 aliphatic rings. The number of halogens is 1. The Balaban J connectivity index is 1.48. The summed E-state index contributed by atoms with van der Waals surface area (Å²) < 4.78 is 13.1. The number of hydrogen-bond donors (Lipinski definition) is 2. The lowest BCUT2D eigenvalue weighted by Crippen LogP contribution is -2.41. The van der Waals surface area contributed by atoms with Crippen LogP contribution in [0.15, 0.2) is 54.0 Å². The van der Waals surface area contributed by atoms with Crippen LogP contribution in [0.1, 0.15) is 34.2 Å². The van der Waals surface area contributed by atoms with E-state index in [9.17, 15) is 9.50 Å². The molecule has 3 aromatic rings. The minimum Gasteiger partial charge on any atom is -0.394 e. The molecule has 0 spiro atoms. The van der Waals surface area contributed by atoms with Gasteiger partial charge in [0.2, 0.25) is 0 Å². The minimum absolute atomic E-state index is 0.0555. The quantitative estimate of drug-likeness (QED) is 0.630. The Labute approximate surface area is 179 Å². The van der Waals surface area contributed by atoms with Gasteiger partial charge in [-0.15, -0.1) is 11.3 Å². The zero-order valence-corrected chi connectivity index (χ0v) is 17.2. The molecule has 2 aliphatic heterocycles. The maximum atomic E-state index is 13.1. The molecular weight excluding hydrogens is 397 g/mol. The molecule has 0 saturated carbocycles. The Morgan fingerprint density at radius 3 is 2.73 bits per heavy atom. The first kappa shape index (κ1) is 19.3. The van der Waals surface area contributed by atoms with Gasteiger partial charge in [0.05, 0.1) is 19.2 Å². The first-order valence-electron chi connectivity index (χ1n) is 10.1. The second-order valence-corrected chi connectivity index (χ2v) is 8.77. The van der Waals surface area contributed by atoms with Gasteiger partial charge in [0, 0.05) is 40.4 Å². The zero-order valence-electron chi connectivity index (χ0n) is 16.4. The third-order valence-electron chi connectivity index (χ3n) is 5.99. The van der Waals surface area contributed by atoms with Gasteiger partial charge in [-0.25, -0.2) is 9.37 Å². The summed E-state index contributed by atoms with van der Waals surface area (Å²) in [6.07, 6.45) is 2.89. The van der Waals surface area contributed by atoms with Crippen molar-refractivity contribution >= 4 is 17.0 Å². The number of rotatable bonds is 3. The second-order valence-electron chi connectivity index (χ2n) is 7.79. The molecule has 152 valence electrons. The van der Waals surface area contributed by atoms with Crippen molar-refractivity contribution in [2.24, 2.45) is 5.92 Å². The lowest BCUT2D eigenvalue weighted by Gasteiger charge is -2.39. The van der Waals surface area contributed by atoms with Crippen molar-refractivity contribution in [3.05, 3.63) is 81.6 Å². The van der Waals surface area contributed by atoms with E-state index in [-0.39, 0.29) is 24.5 Å². The van der Waals surface area contributed by atoms with Gasteiger partial charge in [-0.3, -0.25) is 4.90 Å². The summed E-state index contributed by atoms with van der Waals surface area (Å²) in [6.45, 7) is 1.93. The maximum absolute atomic E-state index is 13.1. The molecule has 0 aliphatic carbocycles. The van der Waals surface area contributed by atoms with Crippen LogP contribution < -0.4 is 5.32 Å². The first-order valence-corrected chi connectivity index (χ1v) is 11.0. The smallest absolute Gasteiger partial charge is 0.123 e. The van der Waals surface area contributed by atoms with Crippen LogP contribution in [0.2, 0.25) is 0 Å². The van der Waals surface area contributed by atoms with E-state index in [1.54, 1.807) is 23.5 Å². The highest BCUT2D eigenvalue weighted by Gasteiger charge is 2.43. The van der Waals surface area contributed by atoms with E-state index in [0.29, 0.717) is 5.92 Å². The highest BCUT2D eigenvalue weighted by molar-refractivity contribution is 7.09. The SMILES string of the molecule is OC[C@@H]1Nc2ccc(C#Cc3ccc(F)cc3)cc2[C@H]2[C@@H]1CCN2Cc1nccs1. The molecule has 0 amide bonds. The van der Waals surface area contributed by atoms with Gasteiger partial charge < -0.3 is 10.4 Å². The Hall–Kier alpha value is -2.72. The fourth-order valence-electron chi connectivity index (χ4n) is 4.60. The Bertz CT molecular complexity index is 1090. The van der Waals surface area contributed by atoms with Crippen molar-refractivity contribution in [3.8, 4) is 11.8 Å². The molecule has 4 nitrogen and oxygen atoms in total. The average molecular weight is 420 g/mol. The lowest BCUT2D eigenvalue weighted by atomic mass is 9.82. The Morgan fingerprint density at radius 2 is 1.97 bits per heavy atom. The summed E-state index contributed by atoms with van der Waals surface area (Å²) in [5.41, 5.74) is 4.01. The molecule has 1 saturated heterocycles. The number of nitrogens with zero attached hydrogens (tertiary/aromatic N) is 2. The van der Waals surface area contributed by atoms with Crippen LogP contribution in [-0.4, -0.2) is 34.2 Å². The largest absolute Gasteiger partial charge is 0.394 e. The number of anilines is 1. The first-order chi connectivity index (χ1) is 14.7. The van der Waals surface area contributed by atoms with Crippen LogP contribution in [0.5, 0.6) is 0 Å². The highest BCUT2D eigenvalue weighted by atomic mass is 32.1. The molecule has 1 fully saturated rings. The molecule has 5 rings (SSSR count). The fourth-order valence-corrected chi connectivity index (χ4v) is 5.24. The van der Waals surface area contributed by atoms with Crippen molar-refractivity contribution in [1.29, 1.82) is 0 Å². The Morgan fingerprint density at radius 1 is 1.17 bits per heavy atom. The summed E-state index contributed by atoms with van der Waals surface area (Å²) >= 11 is 1.68. The standard InChI is InChI=1S/C24H22FN3OS/c25-18-6-3-16(4-7-18)1-2-17-5-8-21-20(13-17)24-19(22(15-29)27-21)9-11-28(24)14-23-26-10-12-30-23/h3-8,10,12-13,19,22,24,27,29H,9,11,14-15H2/t19-,22+,24-/m1/s1. The molecule has 1 aromatic heterocycles. The summed E-state index contributed by atoms with van der Waals surface area (Å²) in [6, 6.07) is 12.7. The molecular formula is C24H22FN3OS. The van der Waals surface area contributed by atoms with Crippen LogP contribution in [0.4, 0.5) is 10.1 Å². The number of benzene rings is 2. The molecule has 3 heterocycles. The van der Waals surface area contributed by atoms with E-state index in [4.69, 9.17) is 0 Å². The lowest BCUT2D eigenvalue weighted by molar-refractivity contribution is 0.172. The normalized spacial score (nSPS) is 22.5. The molecule has 3 atom stereocenters. The fraction of sp³-hybridized carbons (Fsp3) is 0.292. The monoisotopic (exact) mass is 419 g/mol. The molecule has 0 unspecified atom stereocenters. The summed E-state index contributed by atoms with van der Waals surface area (Å²) in [5.74, 6) is 6.43. The second kappa shape index (κ2) is 8.19. The summed E-state index contributed by atoms with van der Waals surface area (Å²) in [5, 5.41) is 16.6. The van der Waals surface area contributed by atoms with Crippen LogP contribution in [0.25, 0.3) is 0 Å². The van der Waals surface area contributed by atoms with Crippen LogP contribution in [-0.2, 0) is 6.54 Å². The van der Waals surface area contributed by atoms with Gasteiger partial charge >= 0.3 is 0 Å². The van der Waals surface area contributed by atoms with Crippen LogP contribution in [0, 0.1) is 23.6 Å². The van der Waals surface area contributed by atoms with Crippen LogP contribution in [0.3, 0.4) is 0 Å². The third kappa shape index (κ3) is 3.72. The maximum Gasteiger partial charge on any atom is 0.123 e. The topological polar surface area (TPSA) is 48.4 Å². The van der Waals surface area contributed by atoms with Crippen molar-refractivity contribution in [2.75, 3.05) is 18.5 Å². The molecule has 30 heavy (non-hydrogen) atoms. The van der Waals surface area contributed by atoms with E-state index >= 15 is 0 Å². The number of aromatic nitrogens is 1. The highest BCUT2D eigenvalue weighted by Crippen LogP contribution is 2.47. The van der Waals surface area contributed by atoms with Crippen molar-refractivity contribution in [1.82, 2.24) is 9.88 Å². The van der Waals surface area contributed by atoms with E-state index in [1.165, 1.54) is 17.7 Å². The molecule has 0 bridgehead atoms. The van der Waals surface area contributed by atoms with Gasteiger partial charge in [0.25, 0.3) is 0 Å². The van der Waals surface area contributed by atoms with Gasteiger partial charge in [-0.1, -0.05) is 11.8 Å². The predicted octanol–water partition coefficient (Wildman–Crippen LogP) is 4.03. The third-order valence-corrected chi connectivity index (χ3v) is 6.75. The number of nitrogens with one attached hydrogen (secondary N) is 1. The zero-order chi connectivity index (χ0) is 20.5. The van der Waals surface area contributed by atoms with Crippen molar-refractivity contribution in [2.45, 2.75) is 25.0 Å². The predicted molar refractivity (Wildman–Crippen MR) is 117 cm³/mol. The molecule has 0 radical (unpaired) electrons. The van der Waals surface area contributed by atoms with Gasteiger partial charge in [-0.05, 0) is 61.0 Å². The number of aliphatic hydroxyl groups excluding tert-OH is 1. The van der Waals surface area contributed by atoms with Gasteiger partial charge in [0.15, 0.2) is 0 Å². The van der Waals surface area contributed by atoms with Crippen LogP contribution >= 0.6 is 11.3 Å².